The summed E-state index contributed by atoms with van der Waals surface area (Å²) in [6.07, 6.45) is 1.18. The molecule has 2 aromatic rings. The zero-order chi connectivity index (χ0) is 14.0. The largest absolute Gasteiger partial charge is 0.269 e. The number of hydrogen-bond acceptors (Lipinski definition) is 3. The molecule has 0 bridgehead atoms. The third-order valence-corrected chi connectivity index (χ3v) is 4.99. The molecule has 0 saturated heterocycles. The van der Waals surface area contributed by atoms with Gasteiger partial charge < -0.3 is 0 Å². The number of hydrogen-bond donors (Lipinski definition) is 0. The first kappa shape index (κ1) is 14.1. The van der Waals surface area contributed by atoms with Crippen LogP contribution in [0.15, 0.2) is 47.5 Å². The summed E-state index contributed by atoms with van der Waals surface area (Å²) in [5.41, 5.74) is 0.550. The molecule has 0 N–H and O–H groups in total. The molecule has 1 heterocycles. The number of anilines is 1. The summed E-state index contributed by atoms with van der Waals surface area (Å²) >= 11 is 11.5. The Morgan fingerprint density at radius 3 is 2.37 bits per heavy atom. The van der Waals surface area contributed by atoms with E-state index in [1.54, 1.807) is 24.3 Å². The van der Waals surface area contributed by atoms with Crippen molar-refractivity contribution < 1.29 is 8.42 Å². The smallest absolute Gasteiger partial charge is 0.265 e. The van der Waals surface area contributed by atoms with Crippen molar-refractivity contribution in [1.29, 1.82) is 0 Å². The predicted molar refractivity (Wildman–Crippen MR) is 76.3 cm³/mol. The van der Waals surface area contributed by atoms with E-state index in [0.717, 1.165) is 4.31 Å². The van der Waals surface area contributed by atoms with Crippen molar-refractivity contribution in [1.82, 2.24) is 4.98 Å². The molecule has 0 atom stereocenters. The van der Waals surface area contributed by atoms with Crippen LogP contribution in [0.2, 0.25) is 10.2 Å². The highest BCUT2D eigenvalue weighted by molar-refractivity contribution is 7.92. The van der Waals surface area contributed by atoms with Crippen LogP contribution in [0.25, 0.3) is 0 Å². The third kappa shape index (κ3) is 2.83. The lowest BCUT2D eigenvalue weighted by atomic mass is 10.3. The zero-order valence-corrected chi connectivity index (χ0v) is 12.2. The predicted octanol–water partition coefficient (Wildman–Crippen LogP) is 3.21. The van der Waals surface area contributed by atoms with Crippen molar-refractivity contribution in [2.45, 2.75) is 4.90 Å². The van der Waals surface area contributed by atoms with Gasteiger partial charge in [0.15, 0.2) is 0 Å². The SMILES string of the molecule is CN(c1ccccc1)S(=O)(=O)c1cnc(Cl)c(Cl)c1. The average Bonchev–Trinajstić information content (AvgIpc) is 2.41. The first-order chi connectivity index (χ1) is 8.93. The van der Waals surface area contributed by atoms with Crippen LogP contribution < -0.4 is 4.31 Å². The summed E-state index contributed by atoms with van der Waals surface area (Å²) in [6.45, 7) is 0. The van der Waals surface area contributed by atoms with Gasteiger partial charge in [0.05, 0.1) is 10.7 Å². The fourth-order valence-corrected chi connectivity index (χ4v) is 2.98. The van der Waals surface area contributed by atoms with E-state index in [-0.39, 0.29) is 15.1 Å². The van der Waals surface area contributed by atoms with Gasteiger partial charge in [-0.3, -0.25) is 4.31 Å². The topological polar surface area (TPSA) is 50.3 Å². The Balaban J connectivity index is 2.45. The molecular weight excluding hydrogens is 307 g/mol. The molecular formula is C12H10Cl2N2O2S. The summed E-state index contributed by atoms with van der Waals surface area (Å²) in [5, 5.41) is 0.173. The summed E-state index contributed by atoms with van der Waals surface area (Å²) in [5.74, 6) is 0. The highest BCUT2D eigenvalue weighted by Crippen LogP contribution is 2.26. The lowest BCUT2D eigenvalue weighted by Gasteiger charge is -2.19. The molecule has 4 nitrogen and oxygen atoms in total. The van der Waals surface area contributed by atoms with Crippen LogP contribution >= 0.6 is 23.2 Å². The molecule has 0 amide bonds. The maximum atomic E-state index is 12.4. The zero-order valence-electron chi connectivity index (χ0n) is 9.92. The molecule has 2 rings (SSSR count). The molecule has 1 aromatic heterocycles. The molecule has 19 heavy (non-hydrogen) atoms. The van der Waals surface area contributed by atoms with E-state index >= 15 is 0 Å². The van der Waals surface area contributed by atoms with E-state index < -0.39 is 10.0 Å². The Bertz CT molecular complexity index is 690. The second kappa shape index (κ2) is 5.36. The molecule has 1 aromatic carbocycles. The number of nitrogens with zero attached hydrogens (tertiary/aromatic N) is 2. The number of benzene rings is 1. The van der Waals surface area contributed by atoms with Crippen LogP contribution in [0.4, 0.5) is 5.69 Å². The molecule has 0 radical (unpaired) electrons. The van der Waals surface area contributed by atoms with Gasteiger partial charge in [0.1, 0.15) is 10.0 Å². The van der Waals surface area contributed by atoms with Crippen molar-refractivity contribution in [3.05, 3.63) is 52.8 Å². The fourth-order valence-electron chi connectivity index (χ4n) is 1.48. The second-order valence-corrected chi connectivity index (χ2v) is 6.49. The van der Waals surface area contributed by atoms with Gasteiger partial charge in [-0.25, -0.2) is 13.4 Å². The molecule has 0 aliphatic heterocycles. The minimum atomic E-state index is -3.70. The maximum absolute atomic E-state index is 12.4. The first-order valence-electron chi connectivity index (χ1n) is 5.28. The molecule has 0 aliphatic carbocycles. The van der Waals surface area contributed by atoms with Crippen molar-refractivity contribution in [3.63, 3.8) is 0 Å². The molecule has 0 saturated carbocycles. The molecule has 0 aliphatic rings. The first-order valence-corrected chi connectivity index (χ1v) is 7.47. The highest BCUT2D eigenvalue weighted by Gasteiger charge is 2.22. The average molecular weight is 317 g/mol. The Morgan fingerprint density at radius 1 is 1.16 bits per heavy atom. The molecule has 100 valence electrons. The number of aromatic nitrogens is 1. The van der Waals surface area contributed by atoms with Crippen LogP contribution in [-0.4, -0.2) is 20.4 Å². The van der Waals surface area contributed by atoms with Gasteiger partial charge in [-0.2, -0.15) is 0 Å². The van der Waals surface area contributed by atoms with Crippen LogP contribution in [0.3, 0.4) is 0 Å². The summed E-state index contributed by atoms with van der Waals surface area (Å²) in [4.78, 5) is 3.74. The van der Waals surface area contributed by atoms with Gasteiger partial charge >= 0.3 is 0 Å². The maximum Gasteiger partial charge on any atom is 0.265 e. The fraction of sp³-hybridized carbons (Fsp3) is 0.0833. The van der Waals surface area contributed by atoms with Gasteiger partial charge in [0.25, 0.3) is 10.0 Å². The van der Waals surface area contributed by atoms with Crippen LogP contribution in [0, 0.1) is 0 Å². The van der Waals surface area contributed by atoms with Crippen molar-refractivity contribution in [3.8, 4) is 0 Å². The van der Waals surface area contributed by atoms with Gasteiger partial charge in [-0.05, 0) is 18.2 Å². The summed E-state index contributed by atoms with van der Waals surface area (Å²) in [6, 6.07) is 10.0. The molecule has 7 heteroatoms. The third-order valence-electron chi connectivity index (χ3n) is 2.55. The number of para-hydroxylation sites is 1. The van der Waals surface area contributed by atoms with E-state index in [0.29, 0.717) is 5.69 Å². The quantitative estimate of drug-likeness (QED) is 0.817. The Labute approximate surface area is 121 Å². The second-order valence-electron chi connectivity index (χ2n) is 3.75. The van der Waals surface area contributed by atoms with E-state index in [2.05, 4.69) is 4.98 Å². The minimum Gasteiger partial charge on any atom is -0.269 e. The van der Waals surface area contributed by atoms with Crippen LogP contribution in [0.1, 0.15) is 0 Å². The minimum absolute atomic E-state index is 0.00625. The highest BCUT2D eigenvalue weighted by atomic mass is 35.5. The van der Waals surface area contributed by atoms with Crippen LogP contribution in [-0.2, 0) is 10.0 Å². The standard InChI is InChI=1S/C12H10Cl2N2O2S/c1-16(9-5-3-2-4-6-9)19(17,18)10-7-11(13)12(14)15-8-10/h2-8H,1H3. The van der Waals surface area contributed by atoms with E-state index in [9.17, 15) is 8.42 Å². The number of rotatable bonds is 3. The molecule has 0 spiro atoms. The lowest BCUT2D eigenvalue weighted by Crippen LogP contribution is -2.26. The number of sulfonamides is 1. The Kier molecular flexibility index (Phi) is 3.99. The lowest BCUT2D eigenvalue weighted by molar-refractivity contribution is 0.594. The van der Waals surface area contributed by atoms with Crippen molar-refractivity contribution >= 4 is 38.9 Å². The Hall–Kier alpha value is -1.30. The molecule has 0 fully saturated rings. The summed E-state index contributed by atoms with van der Waals surface area (Å²) in [7, 11) is -2.24. The van der Waals surface area contributed by atoms with Gasteiger partial charge in [0.2, 0.25) is 0 Å². The number of halogens is 2. The van der Waals surface area contributed by atoms with Gasteiger partial charge in [0, 0.05) is 13.2 Å². The summed E-state index contributed by atoms with van der Waals surface area (Å²) < 4.78 is 25.9. The monoisotopic (exact) mass is 316 g/mol. The van der Waals surface area contributed by atoms with Crippen molar-refractivity contribution in [2.24, 2.45) is 0 Å². The van der Waals surface area contributed by atoms with E-state index in [1.165, 1.54) is 19.3 Å². The molecule has 0 unspecified atom stereocenters. The number of pyridine rings is 1. The van der Waals surface area contributed by atoms with Crippen LogP contribution in [0.5, 0.6) is 0 Å². The Morgan fingerprint density at radius 2 is 1.79 bits per heavy atom. The normalized spacial score (nSPS) is 11.3. The van der Waals surface area contributed by atoms with Crippen molar-refractivity contribution in [2.75, 3.05) is 11.4 Å². The van der Waals surface area contributed by atoms with E-state index in [4.69, 9.17) is 23.2 Å². The van der Waals surface area contributed by atoms with Gasteiger partial charge in [-0.1, -0.05) is 41.4 Å². The van der Waals surface area contributed by atoms with Gasteiger partial charge in [-0.15, -0.1) is 0 Å². The van der Waals surface area contributed by atoms with E-state index in [1.807, 2.05) is 6.07 Å².